The second kappa shape index (κ2) is 9.23. The van der Waals surface area contributed by atoms with Crippen LogP contribution in [0.4, 0.5) is 0 Å². The van der Waals surface area contributed by atoms with Crippen LogP contribution in [0.5, 0.6) is 0 Å². The zero-order valence-corrected chi connectivity index (χ0v) is 10.6. The van der Waals surface area contributed by atoms with Gasteiger partial charge in [-0.25, -0.2) is 0 Å². The summed E-state index contributed by atoms with van der Waals surface area (Å²) in [5.41, 5.74) is 0. The molecule has 3 heteroatoms. The van der Waals surface area contributed by atoms with Crippen molar-refractivity contribution >= 4 is 10.5 Å². The summed E-state index contributed by atoms with van der Waals surface area (Å²) in [6, 6.07) is 0. The molecule has 0 saturated carbocycles. The summed E-state index contributed by atoms with van der Waals surface area (Å²) in [4.78, 5) is 0. The molecule has 0 bridgehead atoms. The molecule has 1 atom stereocenters. The van der Waals surface area contributed by atoms with E-state index in [0.29, 0.717) is 12.9 Å². The van der Waals surface area contributed by atoms with Gasteiger partial charge >= 0.3 is 0 Å². The summed E-state index contributed by atoms with van der Waals surface area (Å²) in [7, 11) is 0.779. The molecule has 0 aliphatic carbocycles. The lowest BCUT2D eigenvalue weighted by Gasteiger charge is -2.15. The summed E-state index contributed by atoms with van der Waals surface area (Å²) in [5, 5.41) is 0. The summed E-state index contributed by atoms with van der Waals surface area (Å²) in [6.07, 6.45) is 6.52. The molecular weight excluding hydrogens is 168 g/mol. The number of unbranched alkanes of at least 4 members (excludes halogenated alkanes) is 1. The monoisotopic (exact) mass is 190 g/mol. The Morgan fingerprint density at radius 1 is 1.17 bits per heavy atom. The van der Waals surface area contributed by atoms with Crippen molar-refractivity contribution in [2.24, 2.45) is 0 Å². The van der Waals surface area contributed by atoms with Gasteiger partial charge in [0.1, 0.15) is 17.3 Å². The standard InChI is InChI=1S/C9H22O2Si/c1-3-5-7-9(6-4-2)10-8-11-12/h9H,3-8H2,1-2,12H3. The number of hydrogen-bond acceptors (Lipinski definition) is 2. The third kappa shape index (κ3) is 6.82. The third-order valence-electron chi connectivity index (χ3n) is 1.91. The van der Waals surface area contributed by atoms with Gasteiger partial charge in [0.25, 0.3) is 0 Å². The lowest BCUT2D eigenvalue weighted by molar-refractivity contribution is -0.0403. The second-order valence-corrected chi connectivity index (χ2v) is 3.70. The van der Waals surface area contributed by atoms with Gasteiger partial charge in [0.05, 0.1) is 6.10 Å². The fraction of sp³-hybridized carbons (Fsp3) is 1.00. The molecule has 74 valence electrons. The van der Waals surface area contributed by atoms with Crippen molar-refractivity contribution in [3.63, 3.8) is 0 Å². The number of rotatable bonds is 8. The molecule has 2 nitrogen and oxygen atoms in total. The van der Waals surface area contributed by atoms with Crippen LogP contribution >= 0.6 is 0 Å². The van der Waals surface area contributed by atoms with Crippen LogP contribution in [0.1, 0.15) is 46.0 Å². The normalized spacial score (nSPS) is 13.5. The van der Waals surface area contributed by atoms with Crippen LogP contribution in [0, 0.1) is 0 Å². The molecule has 0 aliphatic rings. The van der Waals surface area contributed by atoms with E-state index in [4.69, 9.17) is 9.16 Å². The molecule has 0 aromatic carbocycles. The first-order chi connectivity index (χ1) is 5.85. The van der Waals surface area contributed by atoms with Crippen molar-refractivity contribution in [3.8, 4) is 0 Å². The summed E-state index contributed by atoms with van der Waals surface area (Å²) >= 11 is 0. The first-order valence-corrected chi connectivity index (χ1v) is 5.77. The highest BCUT2D eigenvalue weighted by Gasteiger charge is 2.06. The van der Waals surface area contributed by atoms with Gasteiger partial charge in [0.15, 0.2) is 0 Å². The van der Waals surface area contributed by atoms with E-state index in [0.717, 1.165) is 10.5 Å². The van der Waals surface area contributed by atoms with Crippen molar-refractivity contribution in [1.82, 2.24) is 0 Å². The molecule has 1 unspecified atom stereocenters. The molecule has 0 rings (SSSR count). The van der Waals surface area contributed by atoms with Crippen molar-refractivity contribution in [2.45, 2.75) is 52.1 Å². The van der Waals surface area contributed by atoms with Gasteiger partial charge in [0.2, 0.25) is 0 Å². The van der Waals surface area contributed by atoms with Crippen molar-refractivity contribution < 1.29 is 9.16 Å². The molecule has 0 aliphatic heterocycles. The maximum Gasteiger partial charge on any atom is 0.149 e. The molecule has 0 aromatic heterocycles. The molecule has 0 N–H and O–H groups in total. The van der Waals surface area contributed by atoms with Crippen molar-refractivity contribution in [1.29, 1.82) is 0 Å². The Kier molecular flexibility index (Phi) is 9.33. The fourth-order valence-corrected chi connectivity index (χ4v) is 1.37. The maximum atomic E-state index is 5.55. The van der Waals surface area contributed by atoms with E-state index in [1.807, 2.05) is 0 Å². The number of hydrogen-bond donors (Lipinski definition) is 0. The zero-order valence-electron chi connectivity index (χ0n) is 8.64. The Hall–Kier alpha value is 0.137. The SMILES string of the molecule is CCCCC(CCC)OCO[SiH3]. The highest BCUT2D eigenvalue weighted by Crippen LogP contribution is 2.10. The quantitative estimate of drug-likeness (QED) is 0.428. The van der Waals surface area contributed by atoms with Gasteiger partial charge in [-0.05, 0) is 12.8 Å². The maximum absolute atomic E-state index is 5.55. The van der Waals surface area contributed by atoms with Crippen LogP contribution < -0.4 is 0 Å². The Morgan fingerprint density at radius 3 is 2.42 bits per heavy atom. The average molecular weight is 190 g/mol. The first kappa shape index (κ1) is 12.1. The summed E-state index contributed by atoms with van der Waals surface area (Å²) < 4.78 is 10.6. The molecule has 0 fully saturated rings. The molecule has 0 heterocycles. The average Bonchev–Trinajstić information content (AvgIpc) is 2.10. The largest absolute Gasteiger partial charge is 0.406 e. The first-order valence-electron chi connectivity index (χ1n) is 4.95. The minimum absolute atomic E-state index is 0.434. The highest BCUT2D eigenvalue weighted by molar-refractivity contribution is 5.97. The van der Waals surface area contributed by atoms with Crippen LogP contribution in [0.3, 0.4) is 0 Å². The Labute approximate surface area is 79.2 Å². The van der Waals surface area contributed by atoms with Gasteiger partial charge < -0.3 is 9.16 Å². The van der Waals surface area contributed by atoms with Crippen LogP contribution in [0.2, 0.25) is 0 Å². The lowest BCUT2D eigenvalue weighted by Crippen LogP contribution is -2.14. The van der Waals surface area contributed by atoms with Crippen LogP contribution in [0.25, 0.3) is 0 Å². The Morgan fingerprint density at radius 2 is 1.92 bits per heavy atom. The molecule has 0 amide bonds. The Bertz CT molecular complexity index is 80.6. The zero-order chi connectivity index (χ0) is 9.23. The molecule has 0 aromatic rings. The van der Waals surface area contributed by atoms with E-state index in [2.05, 4.69) is 13.8 Å². The molecule has 12 heavy (non-hydrogen) atoms. The summed E-state index contributed by atoms with van der Waals surface area (Å²) in [5.74, 6) is 0. The predicted octanol–water partition coefficient (Wildman–Crippen LogP) is 1.62. The van der Waals surface area contributed by atoms with Gasteiger partial charge in [-0.3, -0.25) is 0 Å². The second-order valence-electron chi connectivity index (χ2n) is 3.13. The third-order valence-corrected chi connectivity index (χ3v) is 2.15. The van der Waals surface area contributed by atoms with Gasteiger partial charge in [-0.2, -0.15) is 0 Å². The molecular formula is C9H22O2Si. The minimum atomic E-state index is 0.434. The molecule has 0 spiro atoms. The summed E-state index contributed by atoms with van der Waals surface area (Å²) in [6.45, 7) is 4.91. The molecule has 0 radical (unpaired) electrons. The number of ether oxygens (including phenoxy) is 1. The molecule has 0 saturated heterocycles. The van der Waals surface area contributed by atoms with Crippen molar-refractivity contribution in [3.05, 3.63) is 0 Å². The predicted molar refractivity (Wildman–Crippen MR) is 55.2 cm³/mol. The van der Waals surface area contributed by atoms with E-state index in [1.54, 1.807) is 0 Å². The van der Waals surface area contributed by atoms with E-state index in [9.17, 15) is 0 Å². The highest BCUT2D eigenvalue weighted by atomic mass is 28.2. The van der Waals surface area contributed by atoms with Gasteiger partial charge in [-0.1, -0.05) is 33.1 Å². The van der Waals surface area contributed by atoms with Gasteiger partial charge in [0, 0.05) is 0 Å². The van der Waals surface area contributed by atoms with E-state index < -0.39 is 0 Å². The lowest BCUT2D eigenvalue weighted by atomic mass is 10.1. The van der Waals surface area contributed by atoms with Crippen LogP contribution in [-0.2, 0) is 9.16 Å². The smallest absolute Gasteiger partial charge is 0.149 e. The van der Waals surface area contributed by atoms with Crippen LogP contribution in [0.15, 0.2) is 0 Å². The topological polar surface area (TPSA) is 18.5 Å². The van der Waals surface area contributed by atoms with E-state index >= 15 is 0 Å². The van der Waals surface area contributed by atoms with Crippen LogP contribution in [-0.4, -0.2) is 23.4 Å². The van der Waals surface area contributed by atoms with Gasteiger partial charge in [-0.15, -0.1) is 0 Å². The van der Waals surface area contributed by atoms with E-state index in [-0.39, 0.29) is 0 Å². The minimum Gasteiger partial charge on any atom is -0.406 e. The van der Waals surface area contributed by atoms with E-state index in [1.165, 1.54) is 32.1 Å². The van der Waals surface area contributed by atoms with Crippen molar-refractivity contribution in [2.75, 3.05) is 6.79 Å². The fourth-order valence-electron chi connectivity index (χ4n) is 1.23. The Balaban J connectivity index is 3.40.